The van der Waals surface area contributed by atoms with E-state index in [0.29, 0.717) is 11.4 Å². The van der Waals surface area contributed by atoms with Gasteiger partial charge in [0.05, 0.1) is 6.26 Å². The summed E-state index contributed by atoms with van der Waals surface area (Å²) in [7, 11) is -1.71. The van der Waals surface area contributed by atoms with Crippen LogP contribution in [0.5, 0.6) is 0 Å². The van der Waals surface area contributed by atoms with Gasteiger partial charge in [-0.25, -0.2) is 8.42 Å². The minimum absolute atomic E-state index is 0.106. The molecule has 0 radical (unpaired) electrons. The average Bonchev–Trinajstić information content (AvgIpc) is 2.25. The number of hydrogen-bond donors (Lipinski definition) is 2. The van der Waals surface area contributed by atoms with Gasteiger partial charge in [-0.1, -0.05) is 6.07 Å². The van der Waals surface area contributed by atoms with E-state index in [1.54, 1.807) is 36.2 Å². The SMILES string of the molecule is CC(C)N(C)C(=NS(C)(=O)=O)Nc1cccc(N)c1. The van der Waals surface area contributed by atoms with Crippen LogP contribution in [-0.4, -0.2) is 38.6 Å². The van der Waals surface area contributed by atoms with E-state index in [4.69, 9.17) is 5.73 Å². The summed E-state index contributed by atoms with van der Waals surface area (Å²) in [6.45, 7) is 3.89. The van der Waals surface area contributed by atoms with Crippen molar-refractivity contribution in [2.45, 2.75) is 19.9 Å². The highest BCUT2D eigenvalue weighted by Gasteiger charge is 2.13. The van der Waals surface area contributed by atoms with E-state index in [-0.39, 0.29) is 12.0 Å². The minimum atomic E-state index is -3.48. The van der Waals surface area contributed by atoms with Crippen molar-refractivity contribution < 1.29 is 8.42 Å². The Balaban J connectivity index is 3.09. The third kappa shape index (κ3) is 5.17. The van der Waals surface area contributed by atoms with Crippen molar-refractivity contribution in [1.29, 1.82) is 0 Å². The maximum absolute atomic E-state index is 11.3. The molecule has 19 heavy (non-hydrogen) atoms. The Kier molecular flexibility index (Phi) is 4.77. The number of anilines is 2. The lowest BCUT2D eigenvalue weighted by Gasteiger charge is -2.25. The predicted octanol–water partition coefficient (Wildman–Crippen LogP) is 1.34. The van der Waals surface area contributed by atoms with Gasteiger partial charge in [0.15, 0.2) is 0 Å². The van der Waals surface area contributed by atoms with Gasteiger partial charge in [-0.2, -0.15) is 0 Å². The van der Waals surface area contributed by atoms with Crippen LogP contribution in [0, 0.1) is 0 Å². The fourth-order valence-electron chi connectivity index (χ4n) is 1.32. The smallest absolute Gasteiger partial charge is 0.253 e. The van der Waals surface area contributed by atoms with Gasteiger partial charge in [-0.05, 0) is 32.0 Å². The van der Waals surface area contributed by atoms with Gasteiger partial charge in [-0.15, -0.1) is 4.40 Å². The summed E-state index contributed by atoms with van der Waals surface area (Å²) < 4.78 is 26.4. The molecule has 6 nitrogen and oxygen atoms in total. The largest absolute Gasteiger partial charge is 0.399 e. The third-order valence-electron chi connectivity index (χ3n) is 2.50. The molecule has 3 N–H and O–H groups in total. The molecule has 1 aromatic carbocycles. The van der Waals surface area contributed by atoms with Crippen LogP contribution in [0.25, 0.3) is 0 Å². The summed E-state index contributed by atoms with van der Waals surface area (Å²) in [5.41, 5.74) is 6.97. The van der Waals surface area contributed by atoms with Crippen molar-refractivity contribution >= 4 is 27.4 Å². The first-order valence-corrected chi connectivity index (χ1v) is 7.69. The van der Waals surface area contributed by atoms with E-state index in [1.807, 2.05) is 13.8 Å². The van der Waals surface area contributed by atoms with Crippen molar-refractivity contribution in [2.75, 3.05) is 24.4 Å². The molecule has 0 saturated heterocycles. The second-order valence-corrected chi connectivity index (χ2v) is 6.25. The van der Waals surface area contributed by atoms with Crippen LogP contribution in [0.3, 0.4) is 0 Å². The predicted molar refractivity (Wildman–Crippen MR) is 79.7 cm³/mol. The van der Waals surface area contributed by atoms with Crippen LogP contribution in [0.15, 0.2) is 28.7 Å². The van der Waals surface area contributed by atoms with Crippen molar-refractivity contribution in [3.05, 3.63) is 24.3 Å². The minimum Gasteiger partial charge on any atom is -0.399 e. The molecule has 0 aliphatic rings. The molecule has 106 valence electrons. The summed E-state index contributed by atoms with van der Waals surface area (Å²) in [5, 5.41) is 2.97. The zero-order valence-corrected chi connectivity index (χ0v) is 12.4. The Morgan fingerprint density at radius 2 is 2.05 bits per heavy atom. The van der Waals surface area contributed by atoms with Gasteiger partial charge >= 0.3 is 0 Å². The molecule has 0 bridgehead atoms. The number of nitrogens with one attached hydrogen (secondary N) is 1. The van der Waals surface area contributed by atoms with Gasteiger partial charge in [0, 0.05) is 24.5 Å². The summed E-state index contributed by atoms with van der Waals surface area (Å²) >= 11 is 0. The molecule has 0 amide bonds. The number of nitrogen functional groups attached to an aromatic ring is 1. The van der Waals surface area contributed by atoms with E-state index in [0.717, 1.165) is 6.26 Å². The summed E-state index contributed by atoms with van der Waals surface area (Å²) in [6, 6.07) is 7.15. The van der Waals surface area contributed by atoms with E-state index >= 15 is 0 Å². The Hall–Kier alpha value is -1.76. The first-order chi connectivity index (χ1) is 8.69. The fraction of sp³-hybridized carbons (Fsp3) is 0.417. The zero-order valence-electron chi connectivity index (χ0n) is 11.6. The Labute approximate surface area is 114 Å². The number of hydrogen-bond acceptors (Lipinski definition) is 3. The van der Waals surface area contributed by atoms with E-state index in [9.17, 15) is 8.42 Å². The molecule has 0 aliphatic heterocycles. The summed E-state index contributed by atoms with van der Waals surface area (Å²) in [6.07, 6.45) is 1.06. The quantitative estimate of drug-likeness (QED) is 0.497. The second kappa shape index (κ2) is 5.92. The monoisotopic (exact) mass is 284 g/mol. The van der Waals surface area contributed by atoms with Crippen molar-refractivity contribution in [2.24, 2.45) is 4.40 Å². The maximum atomic E-state index is 11.3. The van der Waals surface area contributed by atoms with Gasteiger partial charge in [0.2, 0.25) is 5.96 Å². The molecule has 0 saturated carbocycles. The molecule has 1 aromatic rings. The number of rotatable bonds is 3. The average molecular weight is 284 g/mol. The molecule has 1 rings (SSSR count). The summed E-state index contributed by atoms with van der Waals surface area (Å²) in [5.74, 6) is 0.267. The first kappa shape index (κ1) is 15.3. The molecule has 0 unspecified atom stereocenters. The van der Waals surface area contributed by atoms with E-state index < -0.39 is 10.0 Å². The van der Waals surface area contributed by atoms with Gasteiger partial charge in [0.1, 0.15) is 0 Å². The second-order valence-electron chi connectivity index (χ2n) is 4.60. The number of sulfonamides is 1. The number of nitrogens with zero attached hydrogens (tertiary/aromatic N) is 2. The Morgan fingerprint density at radius 1 is 1.42 bits per heavy atom. The molecular formula is C12H20N4O2S. The number of guanidine groups is 1. The lowest BCUT2D eigenvalue weighted by molar-refractivity contribution is 0.417. The van der Waals surface area contributed by atoms with Crippen molar-refractivity contribution in [3.63, 3.8) is 0 Å². The van der Waals surface area contributed by atoms with E-state index in [1.165, 1.54) is 0 Å². The van der Waals surface area contributed by atoms with Crippen LogP contribution in [0.2, 0.25) is 0 Å². The van der Waals surface area contributed by atoms with Crippen LogP contribution >= 0.6 is 0 Å². The molecule has 0 spiro atoms. The zero-order chi connectivity index (χ0) is 14.6. The molecule has 0 aliphatic carbocycles. The van der Waals surface area contributed by atoms with Gasteiger partial charge < -0.3 is 16.0 Å². The normalized spacial score (nSPS) is 12.6. The first-order valence-electron chi connectivity index (χ1n) is 5.84. The molecule has 7 heteroatoms. The fourth-order valence-corrected chi connectivity index (χ4v) is 1.81. The van der Waals surface area contributed by atoms with Gasteiger partial charge in [-0.3, -0.25) is 0 Å². The molecule has 0 fully saturated rings. The van der Waals surface area contributed by atoms with E-state index in [2.05, 4.69) is 9.71 Å². The third-order valence-corrected chi connectivity index (χ3v) is 3.01. The molecule has 0 aromatic heterocycles. The van der Waals surface area contributed by atoms with Gasteiger partial charge in [0.25, 0.3) is 10.0 Å². The molecule has 0 heterocycles. The lowest BCUT2D eigenvalue weighted by Crippen LogP contribution is -2.38. The molecular weight excluding hydrogens is 264 g/mol. The number of nitrogens with two attached hydrogens (primary N) is 1. The van der Waals surface area contributed by atoms with Crippen molar-refractivity contribution in [3.8, 4) is 0 Å². The highest BCUT2D eigenvalue weighted by Crippen LogP contribution is 2.13. The lowest BCUT2D eigenvalue weighted by atomic mass is 10.3. The van der Waals surface area contributed by atoms with Crippen molar-refractivity contribution in [1.82, 2.24) is 4.90 Å². The Bertz CT molecular complexity index is 567. The highest BCUT2D eigenvalue weighted by atomic mass is 32.2. The highest BCUT2D eigenvalue weighted by molar-refractivity contribution is 7.89. The summed E-state index contributed by atoms with van der Waals surface area (Å²) in [4.78, 5) is 1.74. The van der Waals surface area contributed by atoms with Crippen LogP contribution in [-0.2, 0) is 10.0 Å². The maximum Gasteiger partial charge on any atom is 0.253 e. The number of benzene rings is 1. The van der Waals surface area contributed by atoms with Crippen LogP contribution < -0.4 is 11.1 Å². The Morgan fingerprint density at radius 3 is 2.53 bits per heavy atom. The molecule has 0 atom stereocenters. The van der Waals surface area contributed by atoms with Crippen LogP contribution in [0.1, 0.15) is 13.8 Å². The van der Waals surface area contributed by atoms with Crippen LogP contribution in [0.4, 0.5) is 11.4 Å². The topological polar surface area (TPSA) is 87.8 Å². The standard InChI is InChI=1S/C12H20N4O2S/c1-9(2)16(3)12(15-19(4,17)18)14-11-7-5-6-10(13)8-11/h5-9H,13H2,1-4H3,(H,14,15).